The number of nitrogens with zero attached hydrogens (tertiary/aromatic N) is 3. The number of hydrogen-bond acceptors (Lipinski definition) is 5. The summed E-state index contributed by atoms with van der Waals surface area (Å²) in [5.74, 6) is -0.368. The number of aromatic hydroxyl groups is 1. The van der Waals surface area contributed by atoms with Crippen LogP contribution in [-0.4, -0.2) is 52.3 Å². The van der Waals surface area contributed by atoms with Crippen LogP contribution < -0.4 is 5.43 Å². The highest BCUT2D eigenvalue weighted by atomic mass is 16.3. The Kier molecular flexibility index (Phi) is 6.41. The van der Waals surface area contributed by atoms with Crippen molar-refractivity contribution in [1.82, 2.24) is 15.3 Å². The molecule has 2 aromatic rings. The van der Waals surface area contributed by atoms with Gasteiger partial charge in [0.1, 0.15) is 11.4 Å². The minimum Gasteiger partial charge on any atom is -0.507 e. The fourth-order valence-corrected chi connectivity index (χ4v) is 2.97. The molecular formula is C22H24N4O3. The molecule has 2 N–H and O–H groups in total. The van der Waals surface area contributed by atoms with Gasteiger partial charge in [-0.15, -0.1) is 0 Å². The van der Waals surface area contributed by atoms with E-state index in [0.717, 1.165) is 13.1 Å². The molecule has 2 aromatic carbocycles. The molecule has 0 spiro atoms. The predicted molar refractivity (Wildman–Crippen MR) is 112 cm³/mol. The molecule has 29 heavy (non-hydrogen) atoms. The van der Waals surface area contributed by atoms with Crippen LogP contribution in [0.1, 0.15) is 25.0 Å². The number of carbonyl (C=O) groups is 2. The zero-order chi connectivity index (χ0) is 20.8. The Morgan fingerprint density at radius 2 is 1.76 bits per heavy atom. The lowest BCUT2D eigenvalue weighted by molar-refractivity contribution is -0.133. The molecule has 150 valence electrons. The lowest BCUT2D eigenvalue weighted by Gasteiger charge is -2.22. The van der Waals surface area contributed by atoms with Crippen molar-refractivity contribution >= 4 is 23.7 Å². The zero-order valence-electron chi connectivity index (χ0n) is 16.5. The maximum Gasteiger partial charge on any atom is 0.297 e. The van der Waals surface area contributed by atoms with Crippen LogP contribution in [0.4, 0.5) is 0 Å². The molecule has 3 rings (SSSR count). The highest BCUT2D eigenvalue weighted by Gasteiger charge is 2.33. The summed E-state index contributed by atoms with van der Waals surface area (Å²) in [6.45, 7) is 5.59. The van der Waals surface area contributed by atoms with E-state index in [1.165, 1.54) is 17.2 Å². The molecule has 0 saturated carbocycles. The second kappa shape index (κ2) is 9.16. The van der Waals surface area contributed by atoms with Crippen molar-refractivity contribution in [3.05, 3.63) is 71.4 Å². The molecule has 7 nitrogen and oxygen atoms in total. The molecule has 0 aliphatic carbocycles. The summed E-state index contributed by atoms with van der Waals surface area (Å²) in [5.41, 5.74) is 3.98. The molecule has 1 aliphatic rings. The maximum absolute atomic E-state index is 13.0. The Morgan fingerprint density at radius 1 is 1.10 bits per heavy atom. The summed E-state index contributed by atoms with van der Waals surface area (Å²) >= 11 is 0. The number of hydrazine groups is 1. The highest BCUT2D eigenvalue weighted by Crippen LogP contribution is 2.24. The summed E-state index contributed by atoms with van der Waals surface area (Å²) in [7, 11) is 0. The number of benzene rings is 2. The van der Waals surface area contributed by atoms with Crippen LogP contribution in [0, 0.1) is 0 Å². The number of nitrogens with one attached hydrogen (secondary N) is 1. The fraction of sp³-hybridized carbons (Fsp3) is 0.227. The third-order valence-electron chi connectivity index (χ3n) is 4.62. The Hall–Kier alpha value is -3.45. The molecule has 0 atom stereocenters. The first kappa shape index (κ1) is 20.3. The van der Waals surface area contributed by atoms with Crippen molar-refractivity contribution in [2.45, 2.75) is 13.8 Å². The molecule has 1 heterocycles. The second-order valence-electron chi connectivity index (χ2n) is 6.53. The zero-order valence-corrected chi connectivity index (χ0v) is 16.5. The van der Waals surface area contributed by atoms with Gasteiger partial charge in [0.15, 0.2) is 5.84 Å². The lowest BCUT2D eigenvalue weighted by atomic mass is 10.1. The van der Waals surface area contributed by atoms with Gasteiger partial charge in [0, 0.05) is 11.1 Å². The first-order valence-electron chi connectivity index (χ1n) is 9.53. The van der Waals surface area contributed by atoms with E-state index in [-0.39, 0.29) is 23.9 Å². The molecule has 0 fully saturated rings. The molecule has 2 amide bonds. The molecule has 0 bridgehead atoms. The number of hydrogen-bond donors (Lipinski definition) is 2. The predicted octanol–water partition coefficient (Wildman–Crippen LogP) is 2.40. The Balaban J connectivity index is 1.92. The lowest BCUT2D eigenvalue weighted by Crippen LogP contribution is -2.50. The van der Waals surface area contributed by atoms with Crippen molar-refractivity contribution in [1.29, 1.82) is 0 Å². The van der Waals surface area contributed by atoms with E-state index >= 15 is 0 Å². The van der Waals surface area contributed by atoms with Gasteiger partial charge in [-0.3, -0.25) is 19.9 Å². The van der Waals surface area contributed by atoms with Gasteiger partial charge in [0.05, 0.1) is 6.54 Å². The van der Waals surface area contributed by atoms with Crippen LogP contribution in [0.2, 0.25) is 0 Å². The number of para-hydroxylation sites is 1. The molecule has 0 aromatic heterocycles. The number of amides is 2. The summed E-state index contributed by atoms with van der Waals surface area (Å²) in [4.78, 5) is 31.9. The monoisotopic (exact) mass is 392 g/mol. The van der Waals surface area contributed by atoms with Gasteiger partial charge in [0.2, 0.25) is 0 Å². The molecule has 0 unspecified atom stereocenters. The Bertz CT molecular complexity index is 950. The van der Waals surface area contributed by atoms with Gasteiger partial charge in [-0.1, -0.05) is 62.4 Å². The SMILES string of the molecule is CCN(CC)CC(=O)NN1C(=O)C(=Cc2ccccc2O)N=C1c1ccccc1. The smallest absolute Gasteiger partial charge is 0.297 e. The van der Waals surface area contributed by atoms with Crippen LogP contribution in [0.15, 0.2) is 65.3 Å². The third-order valence-corrected chi connectivity index (χ3v) is 4.62. The summed E-state index contributed by atoms with van der Waals surface area (Å²) in [6.07, 6.45) is 1.51. The number of rotatable bonds is 7. The van der Waals surface area contributed by atoms with Gasteiger partial charge in [0.25, 0.3) is 11.8 Å². The van der Waals surface area contributed by atoms with Gasteiger partial charge in [-0.05, 0) is 25.2 Å². The van der Waals surface area contributed by atoms with Gasteiger partial charge in [-0.2, -0.15) is 5.01 Å². The van der Waals surface area contributed by atoms with Crippen molar-refractivity contribution < 1.29 is 14.7 Å². The quantitative estimate of drug-likeness (QED) is 0.709. The van der Waals surface area contributed by atoms with Gasteiger partial charge >= 0.3 is 0 Å². The van der Waals surface area contributed by atoms with E-state index in [0.29, 0.717) is 17.0 Å². The van der Waals surface area contributed by atoms with Crippen LogP contribution >= 0.6 is 0 Å². The topological polar surface area (TPSA) is 85.2 Å². The Labute approximate surface area is 169 Å². The van der Waals surface area contributed by atoms with Crippen LogP contribution in [-0.2, 0) is 9.59 Å². The van der Waals surface area contributed by atoms with Crippen molar-refractivity contribution in [2.75, 3.05) is 19.6 Å². The van der Waals surface area contributed by atoms with Crippen molar-refractivity contribution in [3.63, 3.8) is 0 Å². The minimum absolute atomic E-state index is 0.0493. The average Bonchev–Trinajstić information content (AvgIpc) is 3.04. The summed E-state index contributed by atoms with van der Waals surface area (Å²) < 4.78 is 0. The van der Waals surface area contributed by atoms with Gasteiger partial charge < -0.3 is 5.11 Å². The van der Waals surface area contributed by atoms with Crippen LogP contribution in [0.3, 0.4) is 0 Å². The van der Waals surface area contributed by atoms with E-state index in [2.05, 4.69) is 10.4 Å². The first-order chi connectivity index (χ1) is 14.0. The van der Waals surface area contributed by atoms with E-state index in [4.69, 9.17) is 0 Å². The minimum atomic E-state index is -0.458. The number of phenolic OH excluding ortho intramolecular Hbond substituents is 1. The summed E-state index contributed by atoms with van der Waals surface area (Å²) in [6, 6.07) is 15.9. The van der Waals surface area contributed by atoms with E-state index in [1.807, 2.05) is 49.1 Å². The fourth-order valence-electron chi connectivity index (χ4n) is 2.97. The highest BCUT2D eigenvalue weighted by molar-refractivity contribution is 6.20. The number of likely N-dealkylation sites (N-methyl/N-ethyl adjacent to an activating group) is 1. The standard InChI is InChI=1S/C22H24N4O3/c1-3-25(4-2)15-20(28)24-26-21(16-10-6-5-7-11-16)23-18(22(26)29)14-17-12-8-9-13-19(17)27/h5-14,27H,3-4,15H2,1-2H3,(H,24,28). The normalized spacial score (nSPS) is 15.1. The maximum atomic E-state index is 13.0. The molecule has 1 aliphatic heterocycles. The van der Waals surface area contributed by atoms with Crippen LogP contribution in [0.5, 0.6) is 5.75 Å². The number of amidine groups is 1. The van der Waals surface area contributed by atoms with Gasteiger partial charge in [-0.25, -0.2) is 4.99 Å². The number of carbonyl (C=O) groups excluding carboxylic acids is 2. The number of phenols is 1. The molecule has 0 saturated heterocycles. The Morgan fingerprint density at radius 3 is 2.41 bits per heavy atom. The van der Waals surface area contributed by atoms with E-state index < -0.39 is 5.91 Å². The molecule has 7 heteroatoms. The largest absolute Gasteiger partial charge is 0.507 e. The molecule has 0 radical (unpaired) electrons. The molecular weight excluding hydrogens is 368 g/mol. The summed E-state index contributed by atoms with van der Waals surface area (Å²) in [5, 5.41) is 11.2. The number of aliphatic imine (C=N–C) groups is 1. The van der Waals surface area contributed by atoms with E-state index in [1.54, 1.807) is 18.2 Å². The van der Waals surface area contributed by atoms with E-state index in [9.17, 15) is 14.7 Å². The van der Waals surface area contributed by atoms with Crippen molar-refractivity contribution in [3.8, 4) is 5.75 Å². The second-order valence-corrected chi connectivity index (χ2v) is 6.53. The third kappa shape index (κ3) is 4.70. The first-order valence-corrected chi connectivity index (χ1v) is 9.53. The van der Waals surface area contributed by atoms with Crippen molar-refractivity contribution in [2.24, 2.45) is 4.99 Å². The van der Waals surface area contributed by atoms with Crippen LogP contribution in [0.25, 0.3) is 6.08 Å². The average molecular weight is 392 g/mol.